The Bertz CT molecular complexity index is 1950. The van der Waals surface area contributed by atoms with Crippen LogP contribution < -0.4 is 16.0 Å². The molecule has 0 aliphatic heterocycles. The predicted molar refractivity (Wildman–Crippen MR) is 268 cm³/mol. The molecule has 0 spiro atoms. The standard InChI is InChI=1S/C55H83N3O12/c1-49(2,3)67-44(61)26-32-53(13,33-27-45(62)68-50(4,5)6)56-42(59)24-30-55(15,58-48(65)66-36-41-39-22-18-16-20-37(39)38-21-17-19-23-40(38)41)31-25-43(60)57-54(14,34-28-46(63)69-51(7,8)9)35-29-47(64)70-52(10,11)12/h16-23,41H,24-36H2,1-15H3,(H,56,59)(H,57,60)(H,58,65). The van der Waals surface area contributed by atoms with Crippen LogP contribution in [0.3, 0.4) is 0 Å². The maximum Gasteiger partial charge on any atom is 0.407 e. The SMILES string of the molecule is CC(CCC(=O)OC(C)(C)C)(CCC(=O)OC(C)(C)C)NC(=O)CCC(C)(CCC(=O)NC(C)(CCC(=O)OC(C)(C)C)CCC(=O)OC(C)(C)C)NC(=O)OCC1c2ccccc2-c2ccccc21. The molecule has 3 amide bonds. The van der Waals surface area contributed by atoms with Crippen LogP contribution in [0, 0.1) is 0 Å². The molecule has 2 aromatic carbocycles. The zero-order valence-corrected chi connectivity index (χ0v) is 44.8. The summed E-state index contributed by atoms with van der Waals surface area (Å²) >= 11 is 0. The van der Waals surface area contributed by atoms with Gasteiger partial charge in [-0.25, -0.2) is 4.79 Å². The topological polar surface area (TPSA) is 202 Å². The molecule has 0 aromatic heterocycles. The molecule has 0 unspecified atom stereocenters. The number of hydrogen-bond donors (Lipinski definition) is 3. The highest BCUT2D eigenvalue weighted by Gasteiger charge is 2.36. The van der Waals surface area contributed by atoms with E-state index in [1.807, 2.05) is 48.5 Å². The number of hydrogen-bond acceptors (Lipinski definition) is 12. The van der Waals surface area contributed by atoms with Gasteiger partial charge in [0.1, 0.15) is 29.0 Å². The first-order chi connectivity index (χ1) is 32.1. The minimum Gasteiger partial charge on any atom is -0.460 e. The second-order valence-corrected chi connectivity index (χ2v) is 23.6. The van der Waals surface area contributed by atoms with Crippen molar-refractivity contribution in [3.05, 3.63) is 59.7 Å². The second-order valence-electron chi connectivity index (χ2n) is 23.6. The van der Waals surface area contributed by atoms with Crippen LogP contribution in [0.1, 0.15) is 198 Å². The molecule has 0 fully saturated rings. The smallest absolute Gasteiger partial charge is 0.407 e. The van der Waals surface area contributed by atoms with Crippen LogP contribution in [0.2, 0.25) is 0 Å². The summed E-state index contributed by atoms with van der Waals surface area (Å²) in [7, 11) is 0. The van der Waals surface area contributed by atoms with Gasteiger partial charge in [-0.2, -0.15) is 0 Å². The van der Waals surface area contributed by atoms with Gasteiger partial charge in [0.2, 0.25) is 11.8 Å². The summed E-state index contributed by atoms with van der Waals surface area (Å²) < 4.78 is 28.1. The first-order valence-electron chi connectivity index (χ1n) is 24.7. The van der Waals surface area contributed by atoms with Crippen molar-refractivity contribution in [3.8, 4) is 11.1 Å². The molecule has 1 aliphatic carbocycles. The lowest BCUT2D eigenvalue weighted by atomic mass is 9.87. The van der Waals surface area contributed by atoms with Gasteiger partial charge in [0, 0.05) is 61.1 Å². The Morgan fingerprint density at radius 3 is 0.971 bits per heavy atom. The van der Waals surface area contributed by atoms with E-state index in [9.17, 15) is 33.6 Å². The number of benzene rings is 2. The third-order valence-corrected chi connectivity index (χ3v) is 11.6. The van der Waals surface area contributed by atoms with E-state index in [1.165, 1.54) is 0 Å². The van der Waals surface area contributed by atoms with Gasteiger partial charge in [-0.1, -0.05) is 48.5 Å². The molecule has 0 radical (unpaired) electrons. The van der Waals surface area contributed by atoms with Crippen LogP contribution in [-0.2, 0) is 52.5 Å². The summed E-state index contributed by atoms with van der Waals surface area (Å²) in [6, 6.07) is 16.0. The van der Waals surface area contributed by atoms with Crippen LogP contribution in [0.5, 0.6) is 0 Å². The Morgan fingerprint density at radius 1 is 0.400 bits per heavy atom. The highest BCUT2D eigenvalue weighted by atomic mass is 16.6. The van der Waals surface area contributed by atoms with Crippen molar-refractivity contribution in [1.82, 2.24) is 16.0 Å². The number of fused-ring (bicyclic) bond motifs is 3. The van der Waals surface area contributed by atoms with E-state index < -0.39 is 80.8 Å². The molecule has 0 atom stereocenters. The van der Waals surface area contributed by atoms with E-state index in [4.69, 9.17) is 23.7 Å². The quantitative estimate of drug-likeness (QED) is 0.0704. The number of esters is 4. The number of amides is 3. The summed E-state index contributed by atoms with van der Waals surface area (Å²) in [5.41, 5.74) is -1.86. The second kappa shape index (κ2) is 24.1. The van der Waals surface area contributed by atoms with E-state index in [0.29, 0.717) is 0 Å². The number of ether oxygens (including phenoxy) is 5. The molecular formula is C55H83N3O12. The van der Waals surface area contributed by atoms with Gasteiger partial charge in [-0.05, 0) is 165 Å². The minimum absolute atomic E-state index is 0.0208. The Morgan fingerprint density at radius 2 is 0.671 bits per heavy atom. The van der Waals surface area contributed by atoms with Crippen molar-refractivity contribution in [2.75, 3.05) is 6.61 Å². The molecule has 2 aromatic rings. The fourth-order valence-corrected chi connectivity index (χ4v) is 8.29. The Labute approximate surface area is 417 Å². The molecule has 3 rings (SSSR count). The monoisotopic (exact) mass is 978 g/mol. The van der Waals surface area contributed by atoms with Crippen LogP contribution in [-0.4, -0.2) is 87.4 Å². The summed E-state index contributed by atoms with van der Waals surface area (Å²) in [5, 5.41) is 9.09. The van der Waals surface area contributed by atoms with Crippen LogP contribution in [0.25, 0.3) is 11.1 Å². The molecule has 15 nitrogen and oxygen atoms in total. The molecule has 3 N–H and O–H groups in total. The van der Waals surface area contributed by atoms with Crippen LogP contribution in [0.4, 0.5) is 4.79 Å². The highest BCUT2D eigenvalue weighted by Crippen LogP contribution is 2.44. The van der Waals surface area contributed by atoms with E-state index in [0.717, 1.165) is 22.3 Å². The van der Waals surface area contributed by atoms with Gasteiger partial charge in [0.15, 0.2) is 0 Å². The molecule has 0 saturated heterocycles. The van der Waals surface area contributed by atoms with Crippen molar-refractivity contribution in [2.24, 2.45) is 0 Å². The molecule has 0 bridgehead atoms. The number of nitrogens with one attached hydrogen (secondary N) is 3. The van der Waals surface area contributed by atoms with Crippen molar-refractivity contribution >= 4 is 41.8 Å². The summed E-state index contributed by atoms with van der Waals surface area (Å²) in [4.78, 5) is 93.1. The molecule has 70 heavy (non-hydrogen) atoms. The third kappa shape index (κ3) is 21.7. The lowest BCUT2D eigenvalue weighted by Crippen LogP contribution is -2.51. The average molecular weight is 978 g/mol. The van der Waals surface area contributed by atoms with Crippen molar-refractivity contribution in [3.63, 3.8) is 0 Å². The van der Waals surface area contributed by atoms with E-state index in [-0.39, 0.29) is 89.6 Å². The van der Waals surface area contributed by atoms with E-state index >= 15 is 0 Å². The molecule has 0 heterocycles. The maximum absolute atomic E-state index is 14.0. The van der Waals surface area contributed by atoms with Crippen LogP contribution >= 0.6 is 0 Å². The Kier molecular flexibility index (Phi) is 20.3. The van der Waals surface area contributed by atoms with Crippen molar-refractivity contribution in [2.45, 2.75) is 226 Å². The lowest BCUT2D eigenvalue weighted by Gasteiger charge is -2.34. The highest BCUT2D eigenvalue weighted by molar-refractivity contribution is 5.80. The number of alkyl carbamates (subject to hydrolysis) is 1. The molecule has 1 aliphatic rings. The fraction of sp³-hybridized carbons (Fsp3) is 0.655. The Balaban J connectivity index is 1.86. The van der Waals surface area contributed by atoms with Crippen molar-refractivity contribution < 1.29 is 57.2 Å². The van der Waals surface area contributed by atoms with Gasteiger partial charge in [-0.15, -0.1) is 0 Å². The summed E-state index contributed by atoms with van der Waals surface area (Å²) in [5.74, 6) is -2.82. The summed E-state index contributed by atoms with van der Waals surface area (Å²) in [6.45, 7) is 26.5. The zero-order valence-electron chi connectivity index (χ0n) is 44.8. The van der Waals surface area contributed by atoms with Gasteiger partial charge in [0.05, 0.1) is 0 Å². The number of rotatable bonds is 23. The van der Waals surface area contributed by atoms with Crippen LogP contribution in [0.15, 0.2) is 48.5 Å². The largest absolute Gasteiger partial charge is 0.460 e. The van der Waals surface area contributed by atoms with Crippen molar-refractivity contribution in [1.29, 1.82) is 0 Å². The summed E-state index contributed by atoms with van der Waals surface area (Å²) in [6.07, 6.45) is -0.209. The molecular weight excluding hydrogens is 895 g/mol. The van der Waals surface area contributed by atoms with E-state index in [1.54, 1.807) is 104 Å². The number of carbonyl (C=O) groups excluding carboxylic acids is 7. The minimum atomic E-state index is -1.18. The zero-order chi connectivity index (χ0) is 52.9. The number of carbonyl (C=O) groups is 7. The van der Waals surface area contributed by atoms with E-state index in [2.05, 4.69) is 16.0 Å². The van der Waals surface area contributed by atoms with Gasteiger partial charge < -0.3 is 39.6 Å². The fourth-order valence-electron chi connectivity index (χ4n) is 8.29. The van der Waals surface area contributed by atoms with Gasteiger partial charge >= 0.3 is 30.0 Å². The average Bonchev–Trinajstić information content (AvgIpc) is 3.52. The normalized spacial score (nSPS) is 13.3. The van der Waals surface area contributed by atoms with Gasteiger partial charge in [-0.3, -0.25) is 28.8 Å². The van der Waals surface area contributed by atoms with Gasteiger partial charge in [0.25, 0.3) is 0 Å². The third-order valence-electron chi connectivity index (χ3n) is 11.6. The molecule has 0 saturated carbocycles. The molecule has 15 heteroatoms. The first kappa shape index (κ1) is 58.8. The lowest BCUT2D eigenvalue weighted by molar-refractivity contribution is -0.157. The molecule has 390 valence electrons. The Hall–Kier alpha value is -5.47. The first-order valence-corrected chi connectivity index (χ1v) is 24.7. The maximum atomic E-state index is 14.0. The predicted octanol–water partition coefficient (Wildman–Crippen LogP) is 10.1.